The van der Waals surface area contributed by atoms with Crippen molar-refractivity contribution in [3.8, 4) is 0 Å². The Bertz CT molecular complexity index is 286. The fourth-order valence-electron chi connectivity index (χ4n) is 2.36. The van der Waals surface area contributed by atoms with Crippen LogP contribution in [0.25, 0.3) is 0 Å². The molecule has 1 rings (SSSR count). The van der Waals surface area contributed by atoms with Gasteiger partial charge >= 0.3 is 6.18 Å². The van der Waals surface area contributed by atoms with E-state index in [1.807, 2.05) is 13.8 Å². The molecule has 0 aromatic rings. The molecule has 112 valence electrons. The normalized spacial score (nSPS) is 20.0. The van der Waals surface area contributed by atoms with E-state index in [1.165, 1.54) is 0 Å². The molecular weight excluding hydrogens is 257 g/mol. The third-order valence-electron chi connectivity index (χ3n) is 3.24. The highest BCUT2D eigenvalue weighted by atomic mass is 19.4. The van der Waals surface area contributed by atoms with E-state index in [0.29, 0.717) is 12.3 Å². The molecule has 1 aliphatic heterocycles. The Kier molecular flexibility index (Phi) is 6.10. The second-order valence-electron chi connectivity index (χ2n) is 5.68. The first-order chi connectivity index (χ1) is 8.78. The predicted octanol–water partition coefficient (Wildman–Crippen LogP) is 2.42. The van der Waals surface area contributed by atoms with Crippen LogP contribution < -0.4 is 5.32 Å². The van der Waals surface area contributed by atoms with Crippen molar-refractivity contribution in [2.45, 2.75) is 39.3 Å². The molecule has 19 heavy (non-hydrogen) atoms. The molecule has 0 aromatic heterocycles. The summed E-state index contributed by atoms with van der Waals surface area (Å²) in [6, 6.07) is 0. The molecule has 1 atom stereocenters. The monoisotopic (exact) mass is 280 g/mol. The predicted molar refractivity (Wildman–Crippen MR) is 67.7 cm³/mol. The van der Waals surface area contributed by atoms with Crippen molar-refractivity contribution in [3.05, 3.63) is 0 Å². The highest BCUT2D eigenvalue weighted by Crippen LogP contribution is 2.20. The van der Waals surface area contributed by atoms with Gasteiger partial charge in [-0.1, -0.05) is 13.8 Å². The lowest BCUT2D eigenvalue weighted by molar-refractivity contribution is -0.162. The third-order valence-corrected chi connectivity index (χ3v) is 3.24. The highest BCUT2D eigenvalue weighted by Gasteiger charge is 2.33. The minimum Gasteiger partial charge on any atom is -0.333 e. The number of nitrogens with zero attached hydrogens (tertiary/aromatic N) is 1. The molecule has 0 bridgehead atoms. The molecule has 0 spiro atoms. The summed E-state index contributed by atoms with van der Waals surface area (Å²) in [6.45, 7) is 4.48. The SMILES string of the molecule is CC(C)CN(CC(F)(F)F)C(=O)CCC1CCNC1. The molecule has 0 saturated carbocycles. The molecule has 1 fully saturated rings. The van der Waals surface area contributed by atoms with Gasteiger partial charge in [-0.05, 0) is 37.8 Å². The number of carbonyl (C=O) groups excluding carboxylic acids is 1. The average molecular weight is 280 g/mol. The molecule has 0 aromatic carbocycles. The van der Waals surface area contributed by atoms with Gasteiger partial charge in [-0.2, -0.15) is 13.2 Å². The summed E-state index contributed by atoms with van der Waals surface area (Å²) in [5.41, 5.74) is 0. The summed E-state index contributed by atoms with van der Waals surface area (Å²) in [7, 11) is 0. The van der Waals surface area contributed by atoms with Crippen LogP contribution in [-0.2, 0) is 4.79 Å². The second kappa shape index (κ2) is 7.12. The lowest BCUT2D eigenvalue weighted by Crippen LogP contribution is -2.41. The van der Waals surface area contributed by atoms with E-state index in [-0.39, 0.29) is 24.8 Å². The Labute approximate surface area is 112 Å². The van der Waals surface area contributed by atoms with Gasteiger partial charge in [0.25, 0.3) is 0 Å². The van der Waals surface area contributed by atoms with Crippen LogP contribution >= 0.6 is 0 Å². The Balaban J connectivity index is 2.45. The minimum atomic E-state index is -4.32. The number of carbonyl (C=O) groups is 1. The Morgan fingerprint density at radius 3 is 2.58 bits per heavy atom. The number of hydrogen-bond acceptors (Lipinski definition) is 2. The van der Waals surface area contributed by atoms with Gasteiger partial charge in [0.2, 0.25) is 5.91 Å². The van der Waals surface area contributed by atoms with Crippen molar-refractivity contribution < 1.29 is 18.0 Å². The zero-order chi connectivity index (χ0) is 14.5. The summed E-state index contributed by atoms with van der Waals surface area (Å²) >= 11 is 0. The Morgan fingerprint density at radius 2 is 2.11 bits per heavy atom. The molecule has 0 aliphatic carbocycles. The van der Waals surface area contributed by atoms with Crippen molar-refractivity contribution in [1.82, 2.24) is 10.2 Å². The van der Waals surface area contributed by atoms with E-state index in [2.05, 4.69) is 5.32 Å². The first-order valence-corrected chi connectivity index (χ1v) is 6.83. The largest absolute Gasteiger partial charge is 0.406 e. The molecule has 1 heterocycles. The lowest BCUT2D eigenvalue weighted by Gasteiger charge is -2.26. The topological polar surface area (TPSA) is 32.3 Å². The average Bonchev–Trinajstić information content (AvgIpc) is 2.75. The van der Waals surface area contributed by atoms with E-state index in [9.17, 15) is 18.0 Å². The number of nitrogens with one attached hydrogen (secondary N) is 1. The van der Waals surface area contributed by atoms with E-state index in [0.717, 1.165) is 24.4 Å². The van der Waals surface area contributed by atoms with Crippen molar-refractivity contribution >= 4 is 5.91 Å². The Hall–Kier alpha value is -0.780. The van der Waals surface area contributed by atoms with Crippen LogP contribution in [0.3, 0.4) is 0 Å². The summed E-state index contributed by atoms with van der Waals surface area (Å²) in [5, 5.41) is 3.19. The van der Waals surface area contributed by atoms with E-state index in [1.54, 1.807) is 0 Å². The first kappa shape index (κ1) is 16.3. The smallest absolute Gasteiger partial charge is 0.333 e. The number of hydrogen-bond donors (Lipinski definition) is 1. The van der Waals surface area contributed by atoms with Crippen molar-refractivity contribution in [2.24, 2.45) is 11.8 Å². The van der Waals surface area contributed by atoms with Crippen LogP contribution in [0.1, 0.15) is 33.1 Å². The van der Waals surface area contributed by atoms with Gasteiger partial charge in [0.1, 0.15) is 6.54 Å². The molecule has 1 amide bonds. The molecule has 1 saturated heterocycles. The number of halogens is 3. The highest BCUT2D eigenvalue weighted by molar-refractivity contribution is 5.76. The maximum absolute atomic E-state index is 12.5. The second-order valence-corrected chi connectivity index (χ2v) is 5.68. The van der Waals surface area contributed by atoms with E-state index >= 15 is 0 Å². The Morgan fingerprint density at radius 1 is 1.42 bits per heavy atom. The van der Waals surface area contributed by atoms with Gasteiger partial charge in [0.05, 0.1) is 0 Å². The standard InChI is InChI=1S/C13H23F3N2O/c1-10(2)8-18(9-13(14,15)16)12(19)4-3-11-5-6-17-7-11/h10-11,17H,3-9H2,1-2H3. The number of rotatable bonds is 6. The van der Waals surface area contributed by atoms with Crippen LogP contribution in [0.15, 0.2) is 0 Å². The lowest BCUT2D eigenvalue weighted by atomic mass is 10.0. The fourth-order valence-corrected chi connectivity index (χ4v) is 2.36. The van der Waals surface area contributed by atoms with Gasteiger partial charge in [-0.3, -0.25) is 4.79 Å². The van der Waals surface area contributed by atoms with Gasteiger partial charge in [-0.25, -0.2) is 0 Å². The maximum atomic E-state index is 12.5. The van der Waals surface area contributed by atoms with Gasteiger partial charge < -0.3 is 10.2 Å². The number of alkyl halides is 3. The maximum Gasteiger partial charge on any atom is 0.406 e. The van der Waals surface area contributed by atoms with Crippen molar-refractivity contribution in [3.63, 3.8) is 0 Å². The number of amides is 1. The zero-order valence-electron chi connectivity index (χ0n) is 11.6. The fraction of sp³-hybridized carbons (Fsp3) is 0.923. The summed E-state index contributed by atoms with van der Waals surface area (Å²) < 4.78 is 37.4. The zero-order valence-corrected chi connectivity index (χ0v) is 11.6. The third kappa shape index (κ3) is 6.80. The van der Waals surface area contributed by atoms with Gasteiger partial charge in [0.15, 0.2) is 0 Å². The molecule has 1 unspecified atom stereocenters. The van der Waals surface area contributed by atoms with Crippen LogP contribution in [0, 0.1) is 11.8 Å². The van der Waals surface area contributed by atoms with Crippen LogP contribution in [0.2, 0.25) is 0 Å². The summed E-state index contributed by atoms with van der Waals surface area (Å²) in [6.07, 6.45) is -2.41. The quantitative estimate of drug-likeness (QED) is 0.810. The molecule has 0 radical (unpaired) electrons. The molecule has 1 aliphatic rings. The minimum absolute atomic E-state index is 0.0412. The van der Waals surface area contributed by atoms with Crippen LogP contribution in [-0.4, -0.2) is 43.2 Å². The van der Waals surface area contributed by atoms with Crippen molar-refractivity contribution in [1.29, 1.82) is 0 Å². The molecule has 6 heteroatoms. The van der Waals surface area contributed by atoms with Crippen LogP contribution in [0.4, 0.5) is 13.2 Å². The summed E-state index contributed by atoms with van der Waals surface area (Å²) in [5.74, 6) is 0.0908. The van der Waals surface area contributed by atoms with Gasteiger partial charge in [-0.15, -0.1) is 0 Å². The van der Waals surface area contributed by atoms with E-state index < -0.39 is 12.7 Å². The summed E-state index contributed by atoms with van der Waals surface area (Å²) in [4.78, 5) is 12.9. The molecule has 1 N–H and O–H groups in total. The van der Waals surface area contributed by atoms with Crippen molar-refractivity contribution in [2.75, 3.05) is 26.2 Å². The molecule has 3 nitrogen and oxygen atoms in total. The van der Waals surface area contributed by atoms with Gasteiger partial charge in [0, 0.05) is 13.0 Å². The van der Waals surface area contributed by atoms with E-state index in [4.69, 9.17) is 0 Å². The van der Waals surface area contributed by atoms with Crippen LogP contribution in [0.5, 0.6) is 0 Å². The first-order valence-electron chi connectivity index (χ1n) is 6.83. The molecular formula is C13H23F3N2O.